The van der Waals surface area contributed by atoms with Crippen LogP contribution in [0.1, 0.15) is 5.69 Å². The molecule has 0 unspecified atom stereocenters. The van der Waals surface area contributed by atoms with Crippen LogP contribution in [0.25, 0.3) is 10.9 Å². The van der Waals surface area contributed by atoms with E-state index in [0.29, 0.717) is 21.6 Å². The Balaban J connectivity index is 1.59. The van der Waals surface area contributed by atoms with Crippen LogP contribution in [0.5, 0.6) is 5.75 Å². The van der Waals surface area contributed by atoms with Gasteiger partial charge in [-0.15, -0.1) is 0 Å². The first kappa shape index (κ1) is 23.2. The first-order valence-electron chi connectivity index (χ1n) is 8.93. The molecule has 166 valence electrons. The lowest BCUT2D eigenvalue weighted by molar-refractivity contribution is -0.387. The van der Waals surface area contributed by atoms with Crippen molar-refractivity contribution >= 4 is 57.4 Å². The zero-order valence-electron chi connectivity index (χ0n) is 16.4. The van der Waals surface area contributed by atoms with Gasteiger partial charge in [-0.2, -0.15) is 4.39 Å². The number of nitrogens with one attached hydrogen (secondary N) is 1. The molecule has 0 aliphatic heterocycles. The molecule has 0 spiro atoms. The highest BCUT2D eigenvalue weighted by Crippen LogP contribution is 2.37. The minimum absolute atomic E-state index is 0.0312. The Labute approximate surface area is 190 Å². The van der Waals surface area contributed by atoms with Crippen LogP contribution < -0.4 is 10.1 Å². The summed E-state index contributed by atoms with van der Waals surface area (Å²) in [6, 6.07) is 7.77. The minimum atomic E-state index is -1.05. The van der Waals surface area contributed by atoms with Gasteiger partial charge < -0.3 is 14.8 Å². The van der Waals surface area contributed by atoms with Gasteiger partial charge in [0.25, 0.3) is 5.91 Å². The van der Waals surface area contributed by atoms with Crippen LogP contribution in [0.3, 0.4) is 0 Å². The van der Waals surface area contributed by atoms with Crippen molar-refractivity contribution in [1.29, 1.82) is 0 Å². The van der Waals surface area contributed by atoms with Gasteiger partial charge in [0.05, 0.1) is 15.0 Å². The van der Waals surface area contributed by atoms with E-state index in [0.717, 1.165) is 18.2 Å². The summed E-state index contributed by atoms with van der Waals surface area (Å²) in [7, 11) is 0. The van der Waals surface area contributed by atoms with E-state index in [1.807, 2.05) is 0 Å². The number of fused-ring (bicyclic) bond motifs is 1. The average Bonchev–Trinajstić information content (AvgIpc) is 2.73. The van der Waals surface area contributed by atoms with Crippen molar-refractivity contribution in [1.82, 2.24) is 4.98 Å². The fraction of sp³-hybridized carbons (Fsp3) is 0.150. The quantitative estimate of drug-likeness (QED) is 0.300. The van der Waals surface area contributed by atoms with Gasteiger partial charge in [0, 0.05) is 22.8 Å². The highest BCUT2D eigenvalue weighted by atomic mass is 35.5. The maximum atomic E-state index is 13.3. The van der Waals surface area contributed by atoms with Crippen molar-refractivity contribution in [2.45, 2.75) is 6.92 Å². The highest BCUT2D eigenvalue weighted by molar-refractivity contribution is 6.39. The van der Waals surface area contributed by atoms with Crippen LogP contribution in [0, 0.1) is 22.9 Å². The van der Waals surface area contributed by atoms with Crippen molar-refractivity contribution in [3.63, 3.8) is 0 Å². The molecule has 0 aliphatic rings. The predicted molar refractivity (Wildman–Crippen MR) is 115 cm³/mol. The average molecular weight is 482 g/mol. The van der Waals surface area contributed by atoms with Crippen LogP contribution >= 0.6 is 23.2 Å². The Morgan fingerprint density at radius 1 is 1.16 bits per heavy atom. The summed E-state index contributed by atoms with van der Waals surface area (Å²) in [6.07, 6.45) is 0. The van der Waals surface area contributed by atoms with E-state index in [4.69, 9.17) is 32.7 Å². The predicted octanol–water partition coefficient (Wildman–Crippen LogP) is 4.46. The fourth-order valence-corrected chi connectivity index (χ4v) is 3.24. The Morgan fingerprint density at radius 2 is 1.91 bits per heavy atom. The number of rotatable bonds is 7. The van der Waals surface area contributed by atoms with Crippen molar-refractivity contribution in [3.05, 3.63) is 68.1 Å². The molecule has 0 saturated heterocycles. The summed E-state index contributed by atoms with van der Waals surface area (Å²) >= 11 is 12.3. The normalized spacial score (nSPS) is 10.6. The van der Waals surface area contributed by atoms with Gasteiger partial charge >= 0.3 is 11.7 Å². The topological polar surface area (TPSA) is 121 Å². The van der Waals surface area contributed by atoms with Crippen molar-refractivity contribution < 1.29 is 28.4 Å². The number of carbonyl (C=O) groups is 2. The van der Waals surface area contributed by atoms with Gasteiger partial charge in [-0.3, -0.25) is 14.9 Å². The number of esters is 1. The van der Waals surface area contributed by atoms with E-state index in [1.54, 1.807) is 19.1 Å². The molecule has 0 bridgehead atoms. The number of hydrogen-bond donors (Lipinski definition) is 1. The molecule has 32 heavy (non-hydrogen) atoms. The molecule has 1 N–H and O–H groups in total. The molecule has 0 atom stereocenters. The van der Waals surface area contributed by atoms with E-state index < -0.39 is 41.5 Å². The summed E-state index contributed by atoms with van der Waals surface area (Å²) in [5.74, 6) is -2.58. The zero-order chi connectivity index (χ0) is 23.4. The van der Waals surface area contributed by atoms with Gasteiger partial charge in [0.15, 0.2) is 19.0 Å². The molecule has 0 aliphatic carbocycles. The van der Waals surface area contributed by atoms with Crippen LogP contribution in [0.15, 0.2) is 36.4 Å². The summed E-state index contributed by atoms with van der Waals surface area (Å²) in [4.78, 5) is 38.1. The lowest BCUT2D eigenvalue weighted by Crippen LogP contribution is -2.23. The molecule has 0 saturated carbocycles. The number of aromatic nitrogens is 1. The smallest absolute Gasteiger partial charge is 0.344 e. The number of nitrogens with zero attached hydrogens (tertiary/aromatic N) is 2. The third-order valence-corrected chi connectivity index (χ3v) is 4.70. The second-order valence-corrected chi connectivity index (χ2v) is 7.25. The molecule has 3 rings (SSSR count). The second kappa shape index (κ2) is 9.75. The number of nitro groups is 1. The molecule has 1 amide bonds. The number of halogens is 3. The van der Waals surface area contributed by atoms with Crippen molar-refractivity contribution in [2.24, 2.45) is 0 Å². The molecular formula is C20H14Cl2FN3O6. The summed E-state index contributed by atoms with van der Waals surface area (Å²) in [5.41, 5.74) is 0.215. The van der Waals surface area contributed by atoms with Crippen molar-refractivity contribution in [3.8, 4) is 5.75 Å². The standard InChI is InChI=1S/C20H14Cl2FN3O6/c1-10-2-4-12-13(21)7-14(22)20(19(12)24-10)32-9-18(28)31-8-17(27)25-11-3-5-15(23)16(6-11)26(29)30/h2-7H,8-9H2,1H3,(H,25,27). The number of ether oxygens (including phenoxy) is 2. The summed E-state index contributed by atoms with van der Waals surface area (Å²) < 4.78 is 23.6. The van der Waals surface area contributed by atoms with E-state index in [9.17, 15) is 24.1 Å². The van der Waals surface area contributed by atoms with Crippen LogP contribution in [0.4, 0.5) is 15.8 Å². The van der Waals surface area contributed by atoms with E-state index in [1.165, 1.54) is 6.07 Å². The summed E-state index contributed by atoms with van der Waals surface area (Å²) in [6.45, 7) is 0.502. The summed E-state index contributed by atoms with van der Waals surface area (Å²) in [5, 5.41) is 14.1. The zero-order valence-corrected chi connectivity index (χ0v) is 17.9. The van der Waals surface area contributed by atoms with Crippen LogP contribution in [-0.2, 0) is 14.3 Å². The van der Waals surface area contributed by atoms with E-state index >= 15 is 0 Å². The maximum absolute atomic E-state index is 13.3. The lowest BCUT2D eigenvalue weighted by Gasteiger charge is -2.12. The molecule has 1 aromatic heterocycles. The number of anilines is 1. The molecule has 1 heterocycles. The fourth-order valence-electron chi connectivity index (χ4n) is 2.67. The number of pyridine rings is 1. The van der Waals surface area contributed by atoms with Gasteiger partial charge in [-0.05, 0) is 37.3 Å². The van der Waals surface area contributed by atoms with Gasteiger partial charge in [0.2, 0.25) is 5.82 Å². The van der Waals surface area contributed by atoms with Gasteiger partial charge in [0.1, 0.15) is 5.52 Å². The number of aryl methyl sites for hydroxylation is 1. The van der Waals surface area contributed by atoms with Gasteiger partial charge in [-0.25, -0.2) is 9.78 Å². The Morgan fingerprint density at radius 3 is 2.62 bits per heavy atom. The van der Waals surface area contributed by atoms with Gasteiger partial charge in [-0.1, -0.05) is 23.2 Å². The molecule has 2 aromatic carbocycles. The molecule has 12 heteroatoms. The first-order chi connectivity index (χ1) is 15.2. The number of hydrogen-bond acceptors (Lipinski definition) is 7. The Hall–Kier alpha value is -3.50. The molecule has 0 fully saturated rings. The SMILES string of the molecule is Cc1ccc2c(Cl)cc(Cl)c(OCC(=O)OCC(=O)Nc3ccc(F)c([N+](=O)[O-])c3)c2n1. The van der Waals surface area contributed by atoms with E-state index in [2.05, 4.69) is 10.3 Å². The lowest BCUT2D eigenvalue weighted by atomic mass is 10.2. The van der Waals surface area contributed by atoms with Crippen LogP contribution in [0.2, 0.25) is 10.0 Å². The number of carbonyl (C=O) groups excluding carboxylic acids is 2. The Kier molecular flexibility index (Phi) is 7.06. The maximum Gasteiger partial charge on any atom is 0.344 e. The molecular weight excluding hydrogens is 468 g/mol. The number of benzene rings is 2. The molecule has 0 radical (unpaired) electrons. The number of amides is 1. The highest BCUT2D eigenvalue weighted by Gasteiger charge is 2.17. The van der Waals surface area contributed by atoms with Crippen molar-refractivity contribution in [2.75, 3.05) is 18.5 Å². The Bertz CT molecular complexity index is 1240. The van der Waals surface area contributed by atoms with E-state index in [-0.39, 0.29) is 16.5 Å². The minimum Gasteiger partial charge on any atom is -0.478 e. The largest absolute Gasteiger partial charge is 0.478 e. The monoisotopic (exact) mass is 481 g/mol. The third kappa shape index (κ3) is 5.40. The first-order valence-corrected chi connectivity index (χ1v) is 9.69. The second-order valence-electron chi connectivity index (χ2n) is 6.44. The molecule has 9 nitrogen and oxygen atoms in total. The molecule has 3 aromatic rings. The third-order valence-electron chi connectivity index (χ3n) is 4.10. The van der Waals surface area contributed by atoms with Crippen LogP contribution in [-0.4, -0.2) is 35.0 Å². The number of nitro benzene ring substituents is 1.